The summed E-state index contributed by atoms with van der Waals surface area (Å²) in [6, 6.07) is 6.35. The van der Waals surface area contributed by atoms with Crippen LogP contribution in [-0.2, 0) is 14.3 Å². The molecule has 0 saturated carbocycles. The van der Waals surface area contributed by atoms with Crippen LogP contribution in [0.5, 0.6) is 5.75 Å². The van der Waals surface area contributed by atoms with Gasteiger partial charge in [0.05, 0.1) is 11.6 Å². The Morgan fingerprint density at radius 1 is 1.25 bits per heavy atom. The Morgan fingerprint density at radius 2 is 2.08 bits per heavy atom. The molecular formula is C15H14Cl2N2O5. The summed E-state index contributed by atoms with van der Waals surface area (Å²) in [5.74, 6) is -0.261. The Kier molecular flexibility index (Phi) is 6.89. The number of esters is 1. The highest BCUT2D eigenvalue weighted by Gasteiger charge is 2.09. The van der Waals surface area contributed by atoms with E-state index in [0.29, 0.717) is 22.2 Å². The van der Waals surface area contributed by atoms with Crippen molar-refractivity contribution in [3.05, 3.63) is 40.6 Å². The fraction of sp³-hybridized carbons (Fsp3) is 0.267. The molecule has 128 valence electrons. The molecule has 0 fully saturated rings. The highest BCUT2D eigenvalue weighted by Crippen LogP contribution is 2.27. The molecule has 9 heteroatoms. The van der Waals surface area contributed by atoms with Crippen molar-refractivity contribution < 1.29 is 23.6 Å². The Hall–Kier alpha value is -2.25. The number of nitrogens with one attached hydrogen (secondary N) is 1. The van der Waals surface area contributed by atoms with Crippen molar-refractivity contribution >= 4 is 40.9 Å². The number of carbonyl (C=O) groups excluding carboxylic acids is 2. The predicted molar refractivity (Wildman–Crippen MR) is 87.3 cm³/mol. The van der Waals surface area contributed by atoms with E-state index in [9.17, 15) is 9.59 Å². The molecule has 0 aliphatic heterocycles. The lowest BCUT2D eigenvalue weighted by atomic mass is 10.3. The van der Waals surface area contributed by atoms with Crippen LogP contribution in [0, 0.1) is 0 Å². The number of benzene rings is 1. The van der Waals surface area contributed by atoms with Gasteiger partial charge in [-0.25, -0.2) is 0 Å². The molecule has 0 radical (unpaired) electrons. The van der Waals surface area contributed by atoms with Crippen molar-refractivity contribution in [1.29, 1.82) is 0 Å². The van der Waals surface area contributed by atoms with Crippen molar-refractivity contribution in [3.8, 4) is 5.75 Å². The van der Waals surface area contributed by atoms with E-state index < -0.39 is 18.5 Å². The van der Waals surface area contributed by atoms with Crippen LogP contribution < -0.4 is 10.1 Å². The molecule has 1 aromatic heterocycles. The van der Waals surface area contributed by atoms with Gasteiger partial charge in [0.2, 0.25) is 0 Å². The summed E-state index contributed by atoms with van der Waals surface area (Å²) in [6.07, 6.45) is 1.85. The zero-order chi connectivity index (χ0) is 17.4. The minimum Gasteiger partial charge on any atom is -0.492 e. The third kappa shape index (κ3) is 6.10. The second kappa shape index (κ2) is 9.14. The normalized spacial score (nSPS) is 10.2. The fourth-order valence-corrected chi connectivity index (χ4v) is 2.13. The summed E-state index contributed by atoms with van der Waals surface area (Å²) in [7, 11) is 0. The largest absolute Gasteiger partial charge is 0.492 e. The highest BCUT2D eigenvalue weighted by molar-refractivity contribution is 6.35. The lowest BCUT2D eigenvalue weighted by molar-refractivity contribution is -0.147. The first-order valence-electron chi connectivity index (χ1n) is 6.98. The van der Waals surface area contributed by atoms with E-state index >= 15 is 0 Å². The first-order valence-corrected chi connectivity index (χ1v) is 7.74. The van der Waals surface area contributed by atoms with Gasteiger partial charge >= 0.3 is 5.97 Å². The Labute approximate surface area is 147 Å². The number of aromatic nitrogens is 1. The summed E-state index contributed by atoms with van der Waals surface area (Å²) in [5.41, 5.74) is 0. The maximum Gasteiger partial charge on any atom is 0.306 e. The van der Waals surface area contributed by atoms with Crippen molar-refractivity contribution in [1.82, 2.24) is 5.16 Å². The van der Waals surface area contributed by atoms with Gasteiger partial charge in [0, 0.05) is 17.5 Å². The average Bonchev–Trinajstić information content (AvgIpc) is 3.04. The van der Waals surface area contributed by atoms with Crippen molar-refractivity contribution in [2.24, 2.45) is 0 Å². The molecule has 0 saturated heterocycles. The minimum atomic E-state index is -0.504. The van der Waals surface area contributed by atoms with Crippen LogP contribution in [-0.4, -0.2) is 30.2 Å². The Bertz CT molecular complexity index is 691. The Balaban J connectivity index is 1.60. The molecule has 0 bridgehead atoms. The molecule has 1 N–H and O–H groups in total. The monoisotopic (exact) mass is 372 g/mol. The van der Waals surface area contributed by atoms with Gasteiger partial charge in [-0.05, 0) is 24.6 Å². The molecule has 0 atom stereocenters. The number of hydrogen-bond acceptors (Lipinski definition) is 6. The summed E-state index contributed by atoms with van der Waals surface area (Å²) in [5, 5.41) is 6.82. The van der Waals surface area contributed by atoms with Gasteiger partial charge in [0.25, 0.3) is 5.91 Å². The number of anilines is 1. The second-order valence-corrected chi connectivity index (χ2v) is 5.46. The van der Waals surface area contributed by atoms with E-state index in [1.807, 2.05) is 0 Å². The zero-order valence-electron chi connectivity index (χ0n) is 12.5. The van der Waals surface area contributed by atoms with E-state index in [1.165, 1.54) is 12.3 Å². The molecule has 0 unspecified atom stereocenters. The van der Waals surface area contributed by atoms with E-state index in [2.05, 4.69) is 15.0 Å². The van der Waals surface area contributed by atoms with Crippen LogP contribution >= 0.6 is 23.2 Å². The van der Waals surface area contributed by atoms with Gasteiger partial charge in [-0.2, -0.15) is 0 Å². The number of rotatable bonds is 8. The first kappa shape index (κ1) is 18.1. The summed E-state index contributed by atoms with van der Waals surface area (Å²) >= 11 is 11.7. The van der Waals surface area contributed by atoms with E-state index in [0.717, 1.165) is 0 Å². The molecule has 0 aliphatic rings. The molecule has 1 heterocycles. The number of carbonyl (C=O) groups is 2. The smallest absolute Gasteiger partial charge is 0.306 e. The van der Waals surface area contributed by atoms with Crippen LogP contribution in [0.1, 0.15) is 12.8 Å². The summed E-state index contributed by atoms with van der Waals surface area (Å²) < 4.78 is 14.8. The third-order valence-corrected chi connectivity index (χ3v) is 3.28. The van der Waals surface area contributed by atoms with Crippen LogP contribution in [0.15, 0.2) is 35.1 Å². The maximum atomic E-state index is 11.5. The first-order chi connectivity index (χ1) is 11.5. The van der Waals surface area contributed by atoms with Gasteiger partial charge < -0.3 is 19.3 Å². The zero-order valence-corrected chi connectivity index (χ0v) is 14.0. The van der Waals surface area contributed by atoms with Crippen LogP contribution in [0.2, 0.25) is 10.0 Å². The molecule has 24 heavy (non-hydrogen) atoms. The van der Waals surface area contributed by atoms with Gasteiger partial charge in [0.1, 0.15) is 12.0 Å². The van der Waals surface area contributed by atoms with E-state index in [-0.39, 0.29) is 18.8 Å². The van der Waals surface area contributed by atoms with Crippen molar-refractivity contribution in [3.63, 3.8) is 0 Å². The molecular weight excluding hydrogens is 359 g/mol. The molecule has 1 aromatic carbocycles. The van der Waals surface area contributed by atoms with Crippen LogP contribution in [0.25, 0.3) is 0 Å². The molecule has 2 aromatic rings. The van der Waals surface area contributed by atoms with Gasteiger partial charge in [-0.1, -0.05) is 28.4 Å². The fourth-order valence-electron chi connectivity index (χ4n) is 1.67. The van der Waals surface area contributed by atoms with E-state index in [4.69, 9.17) is 32.7 Å². The topological polar surface area (TPSA) is 90.7 Å². The summed E-state index contributed by atoms with van der Waals surface area (Å²) in [4.78, 5) is 23.0. The van der Waals surface area contributed by atoms with E-state index in [1.54, 1.807) is 18.2 Å². The lowest BCUT2D eigenvalue weighted by Crippen LogP contribution is -2.21. The van der Waals surface area contributed by atoms with Gasteiger partial charge in [-0.3, -0.25) is 9.59 Å². The quantitative estimate of drug-likeness (QED) is 0.564. The second-order valence-electron chi connectivity index (χ2n) is 4.62. The molecule has 0 aliphatic carbocycles. The van der Waals surface area contributed by atoms with Crippen LogP contribution in [0.3, 0.4) is 0 Å². The number of amides is 1. The Morgan fingerprint density at radius 3 is 2.79 bits per heavy atom. The number of nitrogens with zero attached hydrogens (tertiary/aromatic N) is 1. The molecule has 0 spiro atoms. The summed E-state index contributed by atoms with van der Waals surface area (Å²) in [6.45, 7) is -0.114. The van der Waals surface area contributed by atoms with Crippen LogP contribution in [0.4, 0.5) is 5.82 Å². The number of halogens is 2. The van der Waals surface area contributed by atoms with Crippen molar-refractivity contribution in [2.75, 3.05) is 18.5 Å². The molecule has 2 rings (SSSR count). The third-order valence-electron chi connectivity index (χ3n) is 2.75. The highest BCUT2D eigenvalue weighted by atomic mass is 35.5. The van der Waals surface area contributed by atoms with Gasteiger partial charge in [0.15, 0.2) is 12.4 Å². The predicted octanol–water partition coefficient (Wildman–Crippen LogP) is 3.32. The van der Waals surface area contributed by atoms with Crippen molar-refractivity contribution in [2.45, 2.75) is 12.8 Å². The molecule has 1 amide bonds. The lowest BCUT2D eigenvalue weighted by Gasteiger charge is -2.08. The van der Waals surface area contributed by atoms with Gasteiger partial charge in [-0.15, -0.1) is 0 Å². The standard InChI is InChI=1S/C15H14Cl2N2O5/c16-10-3-4-12(11(17)8-10)22-6-1-2-15(21)23-9-14(20)18-13-5-7-24-19-13/h3-5,7-8H,1-2,6,9H2,(H,18,19,20). The maximum absolute atomic E-state index is 11.5. The minimum absolute atomic E-state index is 0.114. The average molecular weight is 373 g/mol. The molecule has 7 nitrogen and oxygen atoms in total. The number of hydrogen-bond donors (Lipinski definition) is 1. The SMILES string of the molecule is O=C(COC(=O)CCCOc1ccc(Cl)cc1Cl)Nc1ccon1. The number of ether oxygens (including phenoxy) is 2.